The molecular weight excluding hydrogens is 236 g/mol. The van der Waals surface area contributed by atoms with Gasteiger partial charge in [-0.3, -0.25) is 4.79 Å². The monoisotopic (exact) mass is 254 g/mol. The van der Waals surface area contributed by atoms with Gasteiger partial charge in [0.05, 0.1) is 0 Å². The first-order chi connectivity index (χ1) is 9.08. The third-order valence-corrected chi connectivity index (χ3v) is 2.90. The van der Waals surface area contributed by atoms with E-state index in [0.717, 1.165) is 22.4 Å². The van der Waals surface area contributed by atoms with E-state index in [0.29, 0.717) is 12.1 Å². The first-order valence-corrected chi connectivity index (χ1v) is 6.27. The highest BCUT2D eigenvalue weighted by Gasteiger charge is 2.07. The van der Waals surface area contributed by atoms with Crippen molar-refractivity contribution in [3.8, 4) is 0 Å². The van der Waals surface area contributed by atoms with Crippen LogP contribution >= 0.6 is 0 Å². The summed E-state index contributed by atoms with van der Waals surface area (Å²) in [4.78, 5) is 12.2. The summed E-state index contributed by atoms with van der Waals surface area (Å²) in [7, 11) is 0. The molecule has 0 fully saturated rings. The first kappa shape index (κ1) is 13.3. The smallest absolute Gasteiger partial charge is 0.255 e. The zero-order valence-corrected chi connectivity index (χ0v) is 11.2. The normalized spacial score (nSPS) is 10.3. The molecule has 3 N–H and O–H groups in total. The standard InChI is InChI=1S/C16H18N2O/c1-11-6-12(2)8-15(7-11)18-16(19)14-5-3-4-13(9-14)10-17/h3-9H,10,17H2,1-2H3,(H,18,19). The summed E-state index contributed by atoms with van der Waals surface area (Å²) < 4.78 is 0. The maximum atomic E-state index is 12.2. The Hall–Kier alpha value is -2.13. The highest BCUT2D eigenvalue weighted by Crippen LogP contribution is 2.15. The minimum absolute atomic E-state index is 0.111. The van der Waals surface area contributed by atoms with Gasteiger partial charge in [0.2, 0.25) is 0 Å². The summed E-state index contributed by atoms with van der Waals surface area (Å²) in [6, 6.07) is 13.3. The number of nitrogens with one attached hydrogen (secondary N) is 1. The van der Waals surface area contributed by atoms with Gasteiger partial charge in [0.1, 0.15) is 0 Å². The highest BCUT2D eigenvalue weighted by atomic mass is 16.1. The number of amides is 1. The molecule has 0 aliphatic heterocycles. The Balaban J connectivity index is 2.20. The minimum Gasteiger partial charge on any atom is -0.326 e. The summed E-state index contributed by atoms with van der Waals surface area (Å²) in [5, 5.41) is 2.91. The molecule has 0 spiro atoms. The molecule has 98 valence electrons. The summed E-state index contributed by atoms with van der Waals surface area (Å²) in [5.74, 6) is -0.111. The second kappa shape index (κ2) is 5.67. The molecule has 0 unspecified atom stereocenters. The van der Waals surface area contributed by atoms with Crippen molar-refractivity contribution in [1.29, 1.82) is 0 Å². The van der Waals surface area contributed by atoms with Crippen LogP contribution in [0.4, 0.5) is 5.69 Å². The molecule has 0 saturated carbocycles. The largest absolute Gasteiger partial charge is 0.326 e. The van der Waals surface area contributed by atoms with Gasteiger partial charge in [0.25, 0.3) is 5.91 Å². The van der Waals surface area contributed by atoms with Gasteiger partial charge < -0.3 is 11.1 Å². The number of benzene rings is 2. The fraction of sp³-hybridized carbons (Fsp3) is 0.188. The second-order valence-electron chi connectivity index (χ2n) is 4.74. The highest BCUT2D eigenvalue weighted by molar-refractivity contribution is 6.04. The van der Waals surface area contributed by atoms with Gasteiger partial charge in [0.15, 0.2) is 0 Å². The molecule has 3 nitrogen and oxygen atoms in total. The van der Waals surface area contributed by atoms with Crippen molar-refractivity contribution in [2.75, 3.05) is 5.32 Å². The average Bonchev–Trinajstić information content (AvgIpc) is 2.37. The van der Waals surface area contributed by atoms with Crippen molar-refractivity contribution >= 4 is 11.6 Å². The number of rotatable bonds is 3. The number of carbonyl (C=O) groups excluding carboxylic acids is 1. The van der Waals surface area contributed by atoms with Crippen LogP contribution in [0.15, 0.2) is 42.5 Å². The topological polar surface area (TPSA) is 55.1 Å². The lowest BCUT2D eigenvalue weighted by Crippen LogP contribution is -2.12. The van der Waals surface area contributed by atoms with E-state index < -0.39 is 0 Å². The molecule has 2 aromatic carbocycles. The van der Waals surface area contributed by atoms with Crippen LogP contribution in [0.2, 0.25) is 0 Å². The third kappa shape index (κ3) is 3.42. The van der Waals surface area contributed by atoms with Crippen molar-refractivity contribution in [2.45, 2.75) is 20.4 Å². The van der Waals surface area contributed by atoms with Gasteiger partial charge >= 0.3 is 0 Å². The van der Waals surface area contributed by atoms with Crippen LogP contribution in [0.25, 0.3) is 0 Å². The van der Waals surface area contributed by atoms with Gasteiger partial charge in [0, 0.05) is 17.8 Å². The number of hydrogen-bond donors (Lipinski definition) is 2. The number of nitrogens with two attached hydrogens (primary N) is 1. The van der Waals surface area contributed by atoms with E-state index in [1.807, 2.05) is 44.2 Å². The minimum atomic E-state index is -0.111. The van der Waals surface area contributed by atoms with Crippen LogP contribution < -0.4 is 11.1 Å². The molecule has 0 aliphatic rings. The number of hydrogen-bond acceptors (Lipinski definition) is 2. The fourth-order valence-corrected chi connectivity index (χ4v) is 2.09. The molecule has 1 amide bonds. The Kier molecular flexibility index (Phi) is 3.97. The maximum Gasteiger partial charge on any atom is 0.255 e. The van der Waals surface area contributed by atoms with Crippen LogP contribution in [0.1, 0.15) is 27.0 Å². The lowest BCUT2D eigenvalue weighted by atomic mass is 10.1. The van der Waals surface area contributed by atoms with Crippen molar-refractivity contribution in [3.05, 3.63) is 64.7 Å². The van der Waals surface area contributed by atoms with Crippen LogP contribution in [-0.4, -0.2) is 5.91 Å². The van der Waals surface area contributed by atoms with Gasteiger partial charge in [-0.1, -0.05) is 18.2 Å². The Labute approximate surface area is 113 Å². The summed E-state index contributed by atoms with van der Waals surface area (Å²) in [5.41, 5.74) is 10.2. The molecule has 0 radical (unpaired) electrons. The molecule has 2 aromatic rings. The quantitative estimate of drug-likeness (QED) is 0.884. The van der Waals surface area contributed by atoms with Gasteiger partial charge in [-0.25, -0.2) is 0 Å². The van der Waals surface area contributed by atoms with E-state index in [4.69, 9.17) is 5.73 Å². The molecule has 0 heterocycles. The zero-order chi connectivity index (χ0) is 13.8. The van der Waals surface area contributed by atoms with E-state index in [2.05, 4.69) is 11.4 Å². The molecule has 0 aromatic heterocycles. The second-order valence-corrected chi connectivity index (χ2v) is 4.74. The number of anilines is 1. The molecule has 2 rings (SSSR count). The maximum absolute atomic E-state index is 12.2. The third-order valence-electron chi connectivity index (χ3n) is 2.90. The molecule has 3 heteroatoms. The molecule has 0 aliphatic carbocycles. The Morgan fingerprint density at radius 1 is 1.11 bits per heavy atom. The molecule has 19 heavy (non-hydrogen) atoms. The SMILES string of the molecule is Cc1cc(C)cc(NC(=O)c2cccc(CN)c2)c1. The summed E-state index contributed by atoms with van der Waals surface area (Å²) in [6.45, 7) is 4.46. The van der Waals surface area contributed by atoms with Crippen LogP contribution in [0.5, 0.6) is 0 Å². The number of aryl methyl sites for hydroxylation is 2. The molecule has 0 bridgehead atoms. The molecular formula is C16H18N2O. The van der Waals surface area contributed by atoms with Gasteiger partial charge in [-0.15, -0.1) is 0 Å². The lowest BCUT2D eigenvalue weighted by molar-refractivity contribution is 0.102. The first-order valence-electron chi connectivity index (χ1n) is 6.27. The van der Waals surface area contributed by atoms with E-state index in [1.165, 1.54) is 0 Å². The average molecular weight is 254 g/mol. The predicted molar refractivity (Wildman–Crippen MR) is 78.2 cm³/mol. The van der Waals surface area contributed by atoms with E-state index in [-0.39, 0.29) is 5.91 Å². The van der Waals surface area contributed by atoms with E-state index in [9.17, 15) is 4.79 Å². The van der Waals surface area contributed by atoms with Crippen molar-refractivity contribution in [3.63, 3.8) is 0 Å². The van der Waals surface area contributed by atoms with E-state index >= 15 is 0 Å². The lowest BCUT2D eigenvalue weighted by Gasteiger charge is -2.08. The molecule has 0 saturated heterocycles. The van der Waals surface area contributed by atoms with Crippen LogP contribution in [0.3, 0.4) is 0 Å². The summed E-state index contributed by atoms with van der Waals surface area (Å²) >= 11 is 0. The Bertz CT molecular complexity index is 585. The Morgan fingerprint density at radius 2 is 1.79 bits per heavy atom. The number of carbonyl (C=O) groups is 1. The molecule has 0 atom stereocenters. The predicted octanol–water partition coefficient (Wildman–Crippen LogP) is 3.01. The van der Waals surface area contributed by atoms with Gasteiger partial charge in [-0.05, 0) is 54.8 Å². The van der Waals surface area contributed by atoms with Crippen molar-refractivity contribution in [1.82, 2.24) is 0 Å². The van der Waals surface area contributed by atoms with Gasteiger partial charge in [-0.2, -0.15) is 0 Å². The zero-order valence-electron chi connectivity index (χ0n) is 11.2. The fourth-order valence-electron chi connectivity index (χ4n) is 2.09. The van der Waals surface area contributed by atoms with E-state index in [1.54, 1.807) is 6.07 Å². The van der Waals surface area contributed by atoms with Crippen LogP contribution in [0, 0.1) is 13.8 Å². The van der Waals surface area contributed by atoms with Crippen molar-refractivity contribution in [2.24, 2.45) is 5.73 Å². The summed E-state index contributed by atoms with van der Waals surface area (Å²) in [6.07, 6.45) is 0. The Morgan fingerprint density at radius 3 is 2.42 bits per heavy atom. The van der Waals surface area contributed by atoms with Crippen molar-refractivity contribution < 1.29 is 4.79 Å². The van der Waals surface area contributed by atoms with Crippen LogP contribution in [-0.2, 0) is 6.54 Å².